The van der Waals surface area contributed by atoms with E-state index in [9.17, 15) is 15.0 Å². The van der Waals surface area contributed by atoms with Crippen LogP contribution >= 0.6 is 0 Å². The van der Waals surface area contributed by atoms with Gasteiger partial charge in [0, 0.05) is 5.56 Å². The van der Waals surface area contributed by atoms with Crippen LogP contribution in [0, 0.1) is 0 Å². The third-order valence-corrected chi connectivity index (χ3v) is 3.34. The normalized spacial score (nSPS) is 11.4. The zero-order valence-electron chi connectivity index (χ0n) is 11.6. The molecule has 0 heterocycles. The Morgan fingerprint density at radius 3 is 2.16 bits per heavy atom. The Labute approximate surface area is 114 Å². The molecule has 0 radical (unpaired) electrons. The summed E-state index contributed by atoms with van der Waals surface area (Å²) in [6, 6.07) is 7.35. The monoisotopic (exact) mass is 265 g/mol. The first-order valence-corrected chi connectivity index (χ1v) is 6.74. The molecule has 0 aliphatic heterocycles. The lowest BCUT2D eigenvalue weighted by atomic mass is 9.95. The van der Waals surface area contributed by atoms with Crippen molar-refractivity contribution in [1.29, 1.82) is 0 Å². The van der Waals surface area contributed by atoms with E-state index in [4.69, 9.17) is 0 Å². The lowest BCUT2D eigenvalue weighted by molar-refractivity contribution is 0.0632. The lowest BCUT2D eigenvalue weighted by Gasteiger charge is -2.30. The molecule has 4 heteroatoms. The molecule has 3 N–H and O–H groups in total. The third-order valence-electron chi connectivity index (χ3n) is 3.34. The maximum atomic E-state index is 12.1. The molecule has 4 nitrogen and oxygen atoms in total. The van der Waals surface area contributed by atoms with E-state index < -0.39 is 5.54 Å². The second-order valence-corrected chi connectivity index (χ2v) is 4.85. The van der Waals surface area contributed by atoms with E-state index >= 15 is 0 Å². The average molecular weight is 265 g/mol. The van der Waals surface area contributed by atoms with Gasteiger partial charge < -0.3 is 15.5 Å². The number of carbonyl (C=O) groups is 1. The molecule has 0 aliphatic rings. The molecule has 0 spiro atoms. The highest BCUT2D eigenvalue weighted by molar-refractivity contribution is 5.94. The molecule has 0 saturated carbocycles. The van der Waals surface area contributed by atoms with Crippen LogP contribution in [0.2, 0.25) is 0 Å². The maximum Gasteiger partial charge on any atom is 0.251 e. The summed E-state index contributed by atoms with van der Waals surface area (Å²) in [6.45, 7) is 3.47. The van der Waals surface area contributed by atoms with Gasteiger partial charge in [0.05, 0.1) is 18.8 Å². The summed E-state index contributed by atoms with van der Waals surface area (Å²) >= 11 is 0. The fraction of sp³-hybridized carbons (Fsp3) is 0.533. The van der Waals surface area contributed by atoms with E-state index in [1.807, 2.05) is 19.1 Å². The first-order chi connectivity index (χ1) is 9.10. The van der Waals surface area contributed by atoms with Crippen LogP contribution in [0.3, 0.4) is 0 Å². The Hall–Kier alpha value is -1.39. The number of hydrogen-bond donors (Lipinski definition) is 3. The van der Waals surface area contributed by atoms with E-state index in [0.717, 1.165) is 12.8 Å². The summed E-state index contributed by atoms with van der Waals surface area (Å²) in [5.41, 5.74) is 0.773. The largest absolute Gasteiger partial charge is 0.394 e. The first kappa shape index (κ1) is 15.7. The minimum Gasteiger partial charge on any atom is -0.394 e. The molecule has 0 fully saturated rings. The number of carbonyl (C=O) groups excluding carboxylic acids is 1. The first-order valence-electron chi connectivity index (χ1n) is 6.74. The Balaban J connectivity index is 2.80. The Morgan fingerprint density at radius 2 is 1.74 bits per heavy atom. The summed E-state index contributed by atoms with van der Waals surface area (Å²) in [5.74, 6) is -0.265. The highest BCUT2D eigenvalue weighted by Gasteiger charge is 2.29. The van der Waals surface area contributed by atoms with Crippen LogP contribution in [-0.4, -0.2) is 34.9 Å². The van der Waals surface area contributed by atoms with Crippen molar-refractivity contribution in [3.63, 3.8) is 0 Å². The van der Waals surface area contributed by atoms with Gasteiger partial charge in [-0.15, -0.1) is 0 Å². The molecule has 0 atom stereocenters. The van der Waals surface area contributed by atoms with Gasteiger partial charge in [0.1, 0.15) is 0 Å². The van der Waals surface area contributed by atoms with E-state index in [-0.39, 0.29) is 19.1 Å². The Bertz CT molecular complexity index is 396. The van der Waals surface area contributed by atoms with Crippen molar-refractivity contribution < 1.29 is 15.0 Å². The minimum atomic E-state index is -0.935. The zero-order chi connectivity index (χ0) is 14.3. The fourth-order valence-corrected chi connectivity index (χ4v) is 2.03. The van der Waals surface area contributed by atoms with Gasteiger partial charge >= 0.3 is 0 Å². The number of aliphatic hydroxyl groups excluding tert-OH is 2. The fourth-order valence-electron chi connectivity index (χ4n) is 2.03. The number of benzene rings is 1. The van der Waals surface area contributed by atoms with E-state index in [0.29, 0.717) is 12.0 Å². The van der Waals surface area contributed by atoms with Crippen molar-refractivity contribution >= 4 is 5.91 Å². The highest BCUT2D eigenvalue weighted by Crippen LogP contribution is 2.14. The second-order valence-electron chi connectivity index (χ2n) is 4.85. The summed E-state index contributed by atoms with van der Waals surface area (Å²) in [7, 11) is 0. The molecular weight excluding hydrogens is 242 g/mol. The van der Waals surface area contributed by atoms with Crippen molar-refractivity contribution in [2.75, 3.05) is 13.2 Å². The van der Waals surface area contributed by atoms with Gasteiger partial charge in [-0.25, -0.2) is 0 Å². The van der Waals surface area contributed by atoms with Gasteiger partial charge in [0.2, 0.25) is 0 Å². The molecule has 106 valence electrons. The van der Waals surface area contributed by atoms with Gasteiger partial charge in [-0.3, -0.25) is 4.79 Å². The molecular formula is C15H23NO3. The van der Waals surface area contributed by atoms with Crippen LogP contribution in [0.4, 0.5) is 0 Å². The molecule has 1 amide bonds. The molecule has 1 aromatic carbocycles. The predicted molar refractivity (Wildman–Crippen MR) is 75.1 cm³/mol. The van der Waals surface area contributed by atoms with E-state index in [1.54, 1.807) is 12.1 Å². The second kappa shape index (κ2) is 7.26. The maximum absolute atomic E-state index is 12.1. The highest BCUT2D eigenvalue weighted by atomic mass is 16.3. The summed E-state index contributed by atoms with van der Waals surface area (Å²) in [5, 5.41) is 21.6. The number of rotatable bonds is 7. The van der Waals surface area contributed by atoms with Gasteiger partial charge in [-0.2, -0.15) is 0 Å². The molecule has 1 rings (SSSR count). The van der Waals surface area contributed by atoms with Crippen molar-refractivity contribution in [1.82, 2.24) is 5.32 Å². The van der Waals surface area contributed by atoms with Crippen LogP contribution in [0.25, 0.3) is 0 Å². The van der Waals surface area contributed by atoms with Gasteiger partial charge in [-0.1, -0.05) is 32.4 Å². The number of hydrogen-bond acceptors (Lipinski definition) is 3. The quantitative estimate of drug-likeness (QED) is 0.700. The predicted octanol–water partition coefficient (Wildman–Crippen LogP) is 1.50. The van der Waals surface area contributed by atoms with Crippen molar-refractivity contribution in [2.45, 2.75) is 38.6 Å². The van der Waals surface area contributed by atoms with Crippen LogP contribution in [0.5, 0.6) is 0 Å². The number of amides is 1. The Kier molecular flexibility index (Phi) is 5.99. The standard InChI is InChI=1S/C15H23NO3/c1-3-9-15(10-17,11-18)16-14(19)13-7-5-12(4-2)6-8-13/h5-8,17-18H,3-4,9-11H2,1-2H3,(H,16,19). The molecule has 0 aromatic heterocycles. The lowest BCUT2D eigenvalue weighted by Crippen LogP contribution is -2.54. The van der Waals surface area contributed by atoms with Crippen molar-refractivity contribution in [3.8, 4) is 0 Å². The average Bonchev–Trinajstić information content (AvgIpc) is 2.46. The summed E-state index contributed by atoms with van der Waals surface area (Å²) < 4.78 is 0. The van der Waals surface area contributed by atoms with Crippen LogP contribution in [0.1, 0.15) is 42.6 Å². The van der Waals surface area contributed by atoms with E-state index in [2.05, 4.69) is 12.2 Å². The molecule has 19 heavy (non-hydrogen) atoms. The molecule has 0 unspecified atom stereocenters. The summed E-state index contributed by atoms with van der Waals surface area (Å²) in [4.78, 5) is 12.1. The van der Waals surface area contributed by atoms with Crippen LogP contribution in [-0.2, 0) is 6.42 Å². The van der Waals surface area contributed by atoms with Crippen molar-refractivity contribution in [2.24, 2.45) is 0 Å². The van der Waals surface area contributed by atoms with Gasteiger partial charge in [-0.05, 0) is 30.5 Å². The molecule has 0 aliphatic carbocycles. The number of aryl methyl sites for hydroxylation is 1. The SMILES string of the molecule is CCCC(CO)(CO)NC(=O)c1ccc(CC)cc1. The van der Waals surface area contributed by atoms with Gasteiger partial charge in [0.15, 0.2) is 0 Å². The molecule has 0 saturated heterocycles. The Morgan fingerprint density at radius 1 is 1.16 bits per heavy atom. The third kappa shape index (κ3) is 4.04. The topological polar surface area (TPSA) is 69.6 Å². The van der Waals surface area contributed by atoms with E-state index in [1.165, 1.54) is 5.56 Å². The van der Waals surface area contributed by atoms with Crippen molar-refractivity contribution in [3.05, 3.63) is 35.4 Å². The minimum absolute atomic E-state index is 0.265. The zero-order valence-corrected chi connectivity index (χ0v) is 11.6. The van der Waals surface area contributed by atoms with Crippen LogP contribution in [0.15, 0.2) is 24.3 Å². The molecule has 0 bridgehead atoms. The number of nitrogens with one attached hydrogen (secondary N) is 1. The smallest absolute Gasteiger partial charge is 0.251 e. The van der Waals surface area contributed by atoms with Gasteiger partial charge in [0.25, 0.3) is 5.91 Å². The van der Waals surface area contributed by atoms with Crippen LogP contribution < -0.4 is 5.32 Å². The number of aliphatic hydroxyl groups is 2. The summed E-state index contributed by atoms with van der Waals surface area (Å²) in [6.07, 6.45) is 2.24. The molecule has 1 aromatic rings.